The van der Waals surface area contributed by atoms with E-state index in [1.807, 2.05) is 30.3 Å². The van der Waals surface area contributed by atoms with E-state index in [1.165, 1.54) is 5.56 Å². The lowest BCUT2D eigenvalue weighted by Gasteiger charge is -2.34. The van der Waals surface area contributed by atoms with Crippen LogP contribution in [0.1, 0.15) is 15.9 Å². The Morgan fingerprint density at radius 1 is 0.783 bits per heavy atom. The molecule has 1 aliphatic heterocycles. The van der Waals surface area contributed by atoms with Crippen LogP contribution in [-0.4, -0.2) is 48.3 Å². The van der Waals surface area contributed by atoms with Gasteiger partial charge in [-0.1, -0.05) is 60.7 Å². The molecule has 0 aromatic heterocycles. The Labute approximate surface area is 148 Å². The van der Waals surface area contributed by atoms with Gasteiger partial charge >= 0.3 is 0 Å². The molecule has 0 spiro atoms. The minimum absolute atomic E-state index is 0. The van der Waals surface area contributed by atoms with Crippen LogP contribution >= 0.6 is 17.0 Å². The SMILES string of the molecule is Br.O=C(CN1CCN(Cc2ccccc2)CC1)c1ccccc1. The molecule has 2 aromatic carbocycles. The molecule has 0 N–H and O–H groups in total. The van der Waals surface area contributed by atoms with Crippen LogP contribution in [0, 0.1) is 0 Å². The zero-order chi connectivity index (χ0) is 15.2. The Balaban J connectivity index is 0.00000192. The molecule has 3 nitrogen and oxygen atoms in total. The number of Topliss-reactive ketones (excluding diaryl/α,β-unsaturated/α-hetero) is 1. The van der Waals surface area contributed by atoms with Gasteiger partial charge < -0.3 is 0 Å². The summed E-state index contributed by atoms with van der Waals surface area (Å²) >= 11 is 0. The molecule has 0 unspecified atom stereocenters. The highest BCUT2D eigenvalue weighted by atomic mass is 79.9. The summed E-state index contributed by atoms with van der Waals surface area (Å²) in [5.41, 5.74) is 2.17. The molecule has 3 rings (SSSR count). The van der Waals surface area contributed by atoms with E-state index in [4.69, 9.17) is 0 Å². The fraction of sp³-hybridized carbons (Fsp3) is 0.316. The summed E-state index contributed by atoms with van der Waals surface area (Å²) in [6, 6.07) is 20.2. The number of piperazine rings is 1. The van der Waals surface area contributed by atoms with E-state index in [0.29, 0.717) is 6.54 Å². The maximum Gasteiger partial charge on any atom is 0.176 e. The molecule has 0 aliphatic carbocycles. The monoisotopic (exact) mass is 374 g/mol. The maximum atomic E-state index is 12.2. The Kier molecular flexibility index (Phi) is 6.96. The van der Waals surface area contributed by atoms with Crippen LogP contribution < -0.4 is 0 Å². The molecule has 122 valence electrons. The molecule has 23 heavy (non-hydrogen) atoms. The summed E-state index contributed by atoms with van der Waals surface area (Å²) in [6.07, 6.45) is 0. The van der Waals surface area contributed by atoms with Gasteiger partial charge in [-0.15, -0.1) is 17.0 Å². The molecular weight excluding hydrogens is 352 g/mol. The third-order valence-electron chi connectivity index (χ3n) is 4.18. The highest BCUT2D eigenvalue weighted by Crippen LogP contribution is 2.09. The number of hydrogen-bond acceptors (Lipinski definition) is 3. The smallest absolute Gasteiger partial charge is 0.176 e. The van der Waals surface area contributed by atoms with Crippen molar-refractivity contribution in [3.8, 4) is 0 Å². The molecular formula is C19H23BrN2O. The number of carbonyl (C=O) groups excluding carboxylic acids is 1. The van der Waals surface area contributed by atoms with Crippen LogP contribution in [0.4, 0.5) is 0 Å². The molecule has 0 atom stereocenters. The molecule has 1 saturated heterocycles. The first kappa shape index (κ1) is 17.9. The first-order valence-corrected chi connectivity index (χ1v) is 7.88. The quantitative estimate of drug-likeness (QED) is 0.750. The molecule has 0 bridgehead atoms. The molecule has 0 radical (unpaired) electrons. The normalized spacial score (nSPS) is 15.8. The Bertz CT molecular complexity index is 595. The van der Waals surface area contributed by atoms with E-state index < -0.39 is 0 Å². The zero-order valence-electron chi connectivity index (χ0n) is 13.2. The second kappa shape index (κ2) is 8.96. The van der Waals surface area contributed by atoms with E-state index in [9.17, 15) is 4.79 Å². The third-order valence-corrected chi connectivity index (χ3v) is 4.18. The minimum Gasteiger partial charge on any atom is -0.297 e. The van der Waals surface area contributed by atoms with Gasteiger partial charge in [-0.05, 0) is 5.56 Å². The van der Waals surface area contributed by atoms with E-state index in [1.54, 1.807) is 0 Å². The van der Waals surface area contributed by atoms with Crippen LogP contribution in [-0.2, 0) is 6.54 Å². The van der Waals surface area contributed by atoms with E-state index in [-0.39, 0.29) is 22.8 Å². The topological polar surface area (TPSA) is 23.6 Å². The lowest BCUT2D eigenvalue weighted by atomic mass is 10.1. The number of halogens is 1. The van der Waals surface area contributed by atoms with Crippen molar-refractivity contribution in [1.29, 1.82) is 0 Å². The molecule has 1 heterocycles. The van der Waals surface area contributed by atoms with Gasteiger partial charge in [0.15, 0.2) is 5.78 Å². The Hall–Kier alpha value is -1.49. The van der Waals surface area contributed by atoms with Gasteiger partial charge in [0.1, 0.15) is 0 Å². The van der Waals surface area contributed by atoms with Crippen LogP contribution in [0.25, 0.3) is 0 Å². The zero-order valence-corrected chi connectivity index (χ0v) is 14.9. The van der Waals surface area contributed by atoms with Gasteiger partial charge in [0.25, 0.3) is 0 Å². The Morgan fingerprint density at radius 2 is 1.30 bits per heavy atom. The molecule has 4 heteroatoms. The molecule has 2 aromatic rings. The summed E-state index contributed by atoms with van der Waals surface area (Å²) in [5.74, 6) is 0.220. The predicted octanol–water partition coefficient (Wildman–Crippen LogP) is 3.27. The van der Waals surface area contributed by atoms with Crippen molar-refractivity contribution in [2.45, 2.75) is 6.54 Å². The van der Waals surface area contributed by atoms with Crippen molar-refractivity contribution in [3.05, 3.63) is 71.8 Å². The maximum absolute atomic E-state index is 12.2. The van der Waals surface area contributed by atoms with Crippen LogP contribution in [0.15, 0.2) is 60.7 Å². The number of nitrogens with zero attached hydrogens (tertiary/aromatic N) is 2. The van der Waals surface area contributed by atoms with Gasteiger partial charge in [-0.25, -0.2) is 0 Å². The van der Waals surface area contributed by atoms with E-state index in [2.05, 4.69) is 40.1 Å². The van der Waals surface area contributed by atoms with Crippen molar-refractivity contribution in [3.63, 3.8) is 0 Å². The second-order valence-electron chi connectivity index (χ2n) is 5.83. The van der Waals surface area contributed by atoms with Crippen LogP contribution in [0.5, 0.6) is 0 Å². The summed E-state index contributed by atoms with van der Waals surface area (Å²) in [4.78, 5) is 16.9. The van der Waals surface area contributed by atoms with Crippen molar-refractivity contribution in [2.24, 2.45) is 0 Å². The third kappa shape index (κ3) is 5.27. The van der Waals surface area contributed by atoms with Crippen molar-refractivity contribution in [1.82, 2.24) is 9.80 Å². The summed E-state index contributed by atoms with van der Waals surface area (Å²) in [6.45, 7) is 5.51. The van der Waals surface area contributed by atoms with Gasteiger partial charge in [-0.3, -0.25) is 14.6 Å². The van der Waals surface area contributed by atoms with Gasteiger partial charge in [0, 0.05) is 38.3 Å². The fourth-order valence-corrected chi connectivity index (χ4v) is 2.87. The average molecular weight is 375 g/mol. The minimum atomic E-state index is 0. The fourth-order valence-electron chi connectivity index (χ4n) is 2.87. The largest absolute Gasteiger partial charge is 0.297 e. The summed E-state index contributed by atoms with van der Waals surface area (Å²) in [5, 5.41) is 0. The molecule has 1 fully saturated rings. The summed E-state index contributed by atoms with van der Waals surface area (Å²) in [7, 11) is 0. The number of benzene rings is 2. The highest BCUT2D eigenvalue weighted by Gasteiger charge is 2.19. The van der Waals surface area contributed by atoms with E-state index >= 15 is 0 Å². The highest BCUT2D eigenvalue weighted by molar-refractivity contribution is 8.93. The number of hydrogen-bond donors (Lipinski definition) is 0. The molecule has 0 saturated carbocycles. The standard InChI is InChI=1S/C19H22N2O.BrH/c22-19(18-9-5-2-6-10-18)16-21-13-11-20(12-14-21)15-17-7-3-1-4-8-17;/h1-10H,11-16H2;1H. The average Bonchev–Trinajstić information content (AvgIpc) is 2.58. The van der Waals surface area contributed by atoms with Crippen molar-refractivity contribution < 1.29 is 4.79 Å². The lowest BCUT2D eigenvalue weighted by Crippen LogP contribution is -2.47. The lowest BCUT2D eigenvalue weighted by molar-refractivity contribution is 0.0844. The first-order valence-electron chi connectivity index (χ1n) is 7.88. The number of carbonyl (C=O) groups is 1. The van der Waals surface area contributed by atoms with Gasteiger partial charge in [0.2, 0.25) is 0 Å². The number of rotatable bonds is 5. The van der Waals surface area contributed by atoms with Gasteiger partial charge in [-0.2, -0.15) is 0 Å². The molecule has 1 aliphatic rings. The Morgan fingerprint density at radius 3 is 1.91 bits per heavy atom. The first-order chi connectivity index (χ1) is 10.8. The summed E-state index contributed by atoms with van der Waals surface area (Å²) < 4.78 is 0. The van der Waals surface area contributed by atoms with Gasteiger partial charge in [0.05, 0.1) is 6.54 Å². The second-order valence-corrected chi connectivity index (χ2v) is 5.83. The predicted molar refractivity (Wildman–Crippen MR) is 99.3 cm³/mol. The van der Waals surface area contributed by atoms with E-state index in [0.717, 1.165) is 38.3 Å². The number of ketones is 1. The van der Waals surface area contributed by atoms with Crippen LogP contribution in [0.2, 0.25) is 0 Å². The van der Waals surface area contributed by atoms with Crippen molar-refractivity contribution in [2.75, 3.05) is 32.7 Å². The molecule has 0 amide bonds. The van der Waals surface area contributed by atoms with Crippen LogP contribution in [0.3, 0.4) is 0 Å². The van der Waals surface area contributed by atoms with Crippen molar-refractivity contribution >= 4 is 22.8 Å².